The predicted octanol–water partition coefficient (Wildman–Crippen LogP) is 1.73. The summed E-state index contributed by atoms with van der Waals surface area (Å²) in [5, 5.41) is 0. The highest BCUT2D eigenvalue weighted by Crippen LogP contribution is 2.34. The number of rotatable bonds is 8. The Morgan fingerprint density at radius 2 is 1.62 bits per heavy atom. The SMILES string of the molecule is CCCC(CCC)(C(=O)N1CC(OC)C(OC)C1)C(N)=S. The van der Waals surface area contributed by atoms with Gasteiger partial charge in [0.05, 0.1) is 10.4 Å². The molecule has 0 radical (unpaired) electrons. The smallest absolute Gasteiger partial charge is 0.235 e. The number of nitrogens with two attached hydrogens (primary N) is 1. The van der Waals surface area contributed by atoms with E-state index in [1.54, 1.807) is 19.1 Å². The van der Waals surface area contributed by atoms with E-state index in [1.165, 1.54) is 0 Å². The highest BCUT2D eigenvalue weighted by Gasteiger charge is 2.46. The van der Waals surface area contributed by atoms with E-state index in [1.807, 2.05) is 0 Å². The van der Waals surface area contributed by atoms with E-state index in [0.717, 1.165) is 12.8 Å². The Bertz CT molecular complexity index is 358. The van der Waals surface area contributed by atoms with E-state index >= 15 is 0 Å². The number of hydrogen-bond acceptors (Lipinski definition) is 4. The van der Waals surface area contributed by atoms with Crippen LogP contribution in [0.5, 0.6) is 0 Å². The minimum atomic E-state index is -0.722. The Balaban J connectivity index is 2.98. The Labute approximate surface area is 133 Å². The summed E-state index contributed by atoms with van der Waals surface area (Å²) in [7, 11) is 3.28. The maximum Gasteiger partial charge on any atom is 0.235 e. The first-order valence-corrected chi connectivity index (χ1v) is 8.02. The summed E-state index contributed by atoms with van der Waals surface area (Å²) in [6, 6.07) is 0. The lowest BCUT2D eigenvalue weighted by molar-refractivity contribution is -0.138. The van der Waals surface area contributed by atoms with E-state index in [9.17, 15) is 4.79 Å². The molecule has 0 bridgehead atoms. The Morgan fingerprint density at radius 3 is 1.90 bits per heavy atom. The van der Waals surface area contributed by atoms with E-state index in [2.05, 4.69) is 13.8 Å². The molecule has 21 heavy (non-hydrogen) atoms. The van der Waals surface area contributed by atoms with Crippen molar-refractivity contribution >= 4 is 23.1 Å². The Morgan fingerprint density at radius 1 is 1.19 bits per heavy atom. The molecule has 122 valence electrons. The molecule has 1 amide bonds. The largest absolute Gasteiger partial charge is 0.392 e. The third kappa shape index (κ3) is 3.73. The summed E-state index contributed by atoms with van der Waals surface area (Å²) < 4.78 is 10.8. The maximum atomic E-state index is 13.1. The lowest BCUT2D eigenvalue weighted by Crippen LogP contribution is -2.50. The molecule has 6 heteroatoms. The van der Waals surface area contributed by atoms with Gasteiger partial charge in [0.25, 0.3) is 0 Å². The van der Waals surface area contributed by atoms with Gasteiger partial charge in [0.2, 0.25) is 5.91 Å². The highest BCUT2D eigenvalue weighted by atomic mass is 32.1. The van der Waals surface area contributed by atoms with Gasteiger partial charge in [-0.3, -0.25) is 4.79 Å². The van der Waals surface area contributed by atoms with Crippen molar-refractivity contribution in [3.8, 4) is 0 Å². The number of thiocarbonyl (C=S) groups is 1. The van der Waals surface area contributed by atoms with Crippen LogP contribution < -0.4 is 5.73 Å². The summed E-state index contributed by atoms with van der Waals surface area (Å²) in [5.74, 6) is 0.0281. The number of ether oxygens (including phenoxy) is 2. The first-order valence-electron chi connectivity index (χ1n) is 7.61. The summed E-state index contributed by atoms with van der Waals surface area (Å²) in [4.78, 5) is 15.2. The van der Waals surface area contributed by atoms with Crippen LogP contribution >= 0.6 is 12.2 Å². The zero-order valence-electron chi connectivity index (χ0n) is 13.6. The molecule has 1 aliphatic heterocycles. The summed E-state index contributed by atoms with van der Waals surface area (Å²) >= 11 is 5.26. The molecule has 0 aliphatic carbocycles. The Kier molecular flexibility index (Phi) is 7.03. The number of hydrogen-bond donors (Lipinski definition) is 1. The summed E-state index contributed by atoms with van der Waals surface area (Å²) in [6.45, 7) is 5.17. The standard InChI is InChI=1S/C15H28N2O3S/c1-5-7-15(8-6-2,13(16)21)14(18)17-9-11(19-3)12(10-17)20-4/h11-12H,5-10H2,1-4H3,(H2,16,21). The summed E-state index contributed by atoms with van der Waals surface area (Å²) in [5.41, 5.74) is 5.25. The van der Waals surface area contributed by atoms with Gasteiger partial charge in [-0.2, -0.15) is 0 Å². The monoisotopic (exact) mass is 316 g/mol. The molecule has 1 fully saturated rings. The highest BCUT2D eigenvalue weighted by molar-refractivity contribution is 7.80. The van der Waals surface area contributed by atoms with Crippen molar-refractivity contribution in [3.63, 3.8) is 0 Å². The number of carbonyl (C=O) groups excluding carboxylic acids is 1. The molecule has 0 aromatic heterocycles. The van der Waals surface area contributed by atoms with E-state index in [0.29, 0.717) is 30.9 Å². The third-order valence-electron chi connectivity index (χ3n) is 4.34. The van der Waals surface area contributed by atoms with Crippen LogP contribution in [0.15, 0.2) is 0 Å². The van der Waals surface area contributed by atoms with Gasteiger partial charge in [0.1, 0.15) is 12.2 Å². The molecule has 5 nitrogen and oxygen atoms in total. The van der Waals surface area contributed by atoms with E-state index < -0.39 is 5.41 Å². The lowest BCUT2D eigenvalue weighted by atomic mass is 9.77. The molecule has 0 saturated carbocycles. The van der Waals surface area contributed by atoms with Gasteiger partial charge < -0.3 is 20.1 Å². The second-order valence-corrected chi connectivity index (χ2v) is 6.14. The van der Waals surface area contributed by atoms with Crippen LogP contribution in [-0.4, -0.2) is 55.3 Å². The second-order valence-electron chi connectivity index (χ2n) is 5.70. The first kappa shape index (κ1) is 18.3. The van der Waals surface area contributed by atoms with Crippen molar-refractivity contribution in [1.82, 2.24) is 4.90 Å². The molecular weight excluding hydrogens is 288 g/mol. The van der Waals surface area contributed by atoms with Crippen LogP contribution in [0.2, 0.25) is 0 Å². The van der Waals surface area contributed by atoms with Crippen molar-refractivity contribution in [2.75, 3.05) is 27.3 Å². The zero-order valence-corrected chi connectivity index (χ0v) is 14.4. The molecule has 2 atom stereocenters. The Hall–Kier alpha value is -0.720. The fraction of sp³-hybridized carbons (Fsp3) is 0.867. The van der Waals surface area contributed by atoms with Gasteiger partial charge in [0.15, 0.2) is 0 Å². The normalized spacial score (nSPS) is 22.6. The zero-order chi connectivity index (χ0) is 16.0. The average molecular weight is 316 g/mol. The molecule has 0 spiro atoms. The minimum Gasteiger partial charge on any atom is -0.392 e. The topological polar surface area (TPSA) is 64.8 Å². The molecule has 0 aromatic rings. The molecule has 1 saturated heterocycles. The molecule has 2 unspecified atom stereocenters. The van der Waals surface area contributed by atoms with Crippen LogP contribution in [-0.2, 0) is 14.3 Å². The molecule has 1 aliphatic rings. The van der Waals surface area contributed by atoms with Crippen LogP contribution in [0.3, 0.4) is 0 Å². The maximum absolute atomic E-state index is 13.1. The number of carbonyl (C=O) groups is 1. The fourth-order valence-electron chi connectivity index (χ4n) is 3.21. The predicted molar refractivity (Wildman–Crippen MR) is 87.2 cm³/mol. The first-order chi connectivity index (χ1) is 9.96. The van der Waals surface area contributed by atoms with Crippen molar-refractivity contribution in [3.05, 3.63) is 0 Å². The van der Waals surface area contributed by atoms with Gasteiger partial charge in [-0.05, 0) is 12.8 Å². The van der Waals surface area contributed by atoms with Gasteiger partial charge >= 0.3 is 0 Å². The molecular formula is C15H28N2O3S. The third-order valence-corrected chi connectivity index (χ3v) is 4.73. The van der Waals surface area contributed by atoms with Crippen molar-refractivity contribution in [2.45, 2.75) is 51.7 Å². The molecule has 1 heterocycles. The van der Waals surface area contributed by atoms with Crippen LogP contribution in [0.1, 0.15) is 39.5 Å². The lowest BCUT2D eigenvalue weighted by Gasteiger charge is -2.34. The number of nitrogens with zero attached hydrogens (tertiary/aromatic N) is 1. The number of amides is 1. The summed E-state index contributed by atoms with van der Waals surface area (Å²) in [6.07, 6.45) is 2.95. The number of methoxy groups -OCH3 is 2. The quantitative estimate of drug-likeness (QED) is 0.691. The van der Waals surface area contributed by atoms with Crippen LogP contribution in [0.4, 0.5) is 0 Å². The van der Waals surface area contributed by atoms with Gasteiger partial charge in [-0.25, -0.2) is 0 Å². The average Bonchev–Trinajstić information content (AvgIpc) is 2.89. The van der Waals surface area contributed by atoms with Gasteiger partial charge in [0, 0.05) is 27.3 Å². The van der Waals surface area contributed by atoms with Crippen molar-refractivity contribution in [1.29, 1.82) is 0 Å². The second kappa shape index (κ2) is 8.06. The van der Waals surface area contributed by atoms with Crippen molar-refractivity contribution in [2.24, 2.45) is 11.1 Å². The van der Waals surface area contributed by atoms with E-state index in [-0.39, 0.29) is 18.1 Å². The fourth-order valence-corrected chi connectivity index (χ4v) is 3.50. The van der Waals surface area contributed by atoms with Crippen LogP contribution in [0.25, 0.3) is 0 Å². The van der Waals surface area contributed by atoms with E-state index in [4.69, 9.17) is 27.4 Å². The van der Waals surface area contributed by atoms with Crippen LogP contribution in [0, 0.1) is 5.41 Å². The van der Waals surface area contributed by atoms with Crippen molar-refractivity contribution < 1.29 is 14.3 Å². The minimum absolute atomic E-state index is 0.0281. The van der Waals surface area contributed by atoms with Gasteiger partial charge in [-0.1, -0.05) is 38.9 Å². The molecule has 1 rings (SSSR count). The molecule has 2 N–H and O–H groups in total. The molecule has 0 aromatic carbocycles. The number of likely N-dealkylation sites (tertiary alicyclic amines) is 1. The van der Waals surface area contributed by atoms with Gasteiger partial charge in [-0.15, -0.1) is 0 Å².